The highest BCUT2D eigenvalue weighted by Crippen LogP contribution is 2.37. The Kier molecular flexibility index (Phi) is 3.81. The number of halogens is 1. The maximum absolute atomic E-state index is 13.0. The van der Waals surface area contributed by atoms with Gasteiger partial charge in [0.05, 0.1) is 22.0 Å². The van der Waals surface area contributed by atoms with Gasteiger partial charge in [0.15, 0.2) is 0 Å². The second kappa shape index (κ2) is 5.89. The Morgan fingerprint density at radius 2 is 1.92 bits per heavy atom. The van der Waals surface area contributed by atoms with Crippen LogP contribution in [0.2, 0.25) is 5.02 Å². The summed E-state index contributed by atoms with van der Waals surface area (Å²) in [6.07, 6.45) is 1.44. The van der Waals surface area contributed by atoms with Gasteiger partial charge in [0.25, 0.3) is 10.0 Å². The zero-order chi connectivity index (χ0) is 17.6. The molecular weight excluding hydrogens is 360 g/mol. The zero-order valence-electron chi connectivity index (χ0n) is 13.4. The minimum Gasteiger partial charge on any atom is -0.491 e. The van der Waals surface area contributed by atoms with Gasteiger partial charge in [-0.2, -0.15) is 0 Å². The van der Waals surface area contributed by atoms with E-state index in [1.54, 1.807) is 42.5 Å². The number of aromatic nitrogens is 1. The van der Waals surface area contributed by atoms with Crippen LogP contribution in [-0.2, 0) is 10.0 Å². The van der Waals surface area contributed by atoms with Crippen molar-refractivity contribution in [2.75, 3.05) is 13.2 Å². The first kappa shape index (κ1) is 16.2. The van der Waals surface area contributed by atoms with Crippen molar-refractivity contribution < 1.29 is 13.2 Å². The van der Waals surface area contributed by atoms with Crippen LogP contribution < -0.4 is 4.74 Å². The van der Waals surface area contributed by atoms with Gasteiger partial charge >= 0.3 is 0 Å². The Bertz CT molecular complexity index is 1100. The van der Waals surface area contributed by atoms with Crippen molar-refractivity contribution in [2.24, 2.45) is 4.99 Å². The summed E-state index contributed by atoms with van der Waals surface area (Å²) >= 11 is 6.43. The molecule has 1 aliphatic rings. The average molecular weight is 375 g/mol. The summed E-state index contributed by atoms with van der Waals surface area (Å²) in [5.41, 5.74) is 2.05. The number of aliphatic imine (C=N–C) groups is 1. The summed E-state index contributed by atoms with van der Waals surface area (Å²) in [7, 11) is -3.75. The zero-order valence-corrected chi connectivity index (χ0v) is 15.0. The molecule has 0 bridgehead atoms. The van der Waals surface area contributed by atoms with Crippen molar-refractivity contribution in [1.29, 1.82) is 0 Å². The molecule has 0 N–H and O–H groups in total. The van der Waals surface area contributed by atoms with Crippen LogP contribution in [0.5, 0.6) is 5.75 Å². The highest BCUT2D eigenvalue weighted by molar-refractivity contribution is 7.90. The Morgan fingerprint density at radius 1 is 1.16 bits per heavy atom. The third-order valence-corrected chi connectivity index (χ3v) is 6.19. The summed E-state index contributed by atoms with van der Waals surface area (Å²) in [5.74, 6) is 0.669. The largest absolute Gasteiger partial charge is 0.491 e. The topological polar surface area (TPSA) is 60.7 Å². The molecule has 1 aromatic heterocycles. The summed E-state index contributed by atoms with van der Waals surface area (Å²) in [6, 6.07) is 11.8. The van der Waals surface area contributed by atoms with Gasteiger partial charge < -0.3 is 4.74 Å². The third-order valence-electron chi connectivity index (χ3n) is 4.21. The molecular formula is C18H15ClN2O3S. The summed E-state index contributed by atoms with van der Waals surface area (Å²) < 4.78 is 33.0. The Balaban J connectivity index is 2.03. The van der Waals surface area contributed by atoms with Crippen molar-refractivity contribution in [3.8, 4) is 5.75 Å². The first-order chi connectivity index (χ1) is 12.0. The van der Waals surface area contributed by atoms with E-state index in [1.165, 1.54) is 10.2 Å². The normalized spacial score (nSPS) is 14.6. The van der Waals surface area contributed by atoms with Gasteiger partial charge in [-0.1, -0.05) is 29.8 Å². The van der Waals surface area contributed by atoms with Crippen molar-refractivity contribution in [2.45, 2.75) is 11.8 Å². The molecule has 2 heterocycles. The van der Waals surface area contributed by atoms with Crippen LogP contribution in [0.3, 0.4) is 0 Å². The van der Waals surface area contributed by atoms with E-state index in [2.05, 4.69) is 4.99 Å². The van der Waals surface area contributed by atoms with E-state index in [4.69, 9.17) is 16.3 Å². The van der Waals surface area contributed by atoms with Crippen LogP contribution in [0.15, 0.2) is 58.5 Å². The highest BCUT2D eigenvalue weighted by atomic mass is 35.5. The molecule has 0 amide bonds. The Hall–Kier alpha value is -2.31. The quantitative estimate of drug-likeness (QED) is 0.686. The van der Waals surface area contributed by atoms with Gasteiger partial charge in [-0.25, -0.2) is 12.4 Å². The summed E-state index contributed by atoms with van der Waals surface area (Å²) in [6.45, 7) is 2.92. The predicted molar refractivity (Wildman–Crippen MR) is 98.5 cm³/mol. The van der Waals surface area contributed by atoms with E-state index in [9.17, 15) is 8.42 Å². The Morgan fingerprint density at radius 3 is 2.68 bits per heavy atom. The van der Waals surface area contributed by atoms with Crippen LogP contribution in [0, 0.1) is 0 Å². The van der Waals surface area contributed by atoms with E-state index in [0.29, 0.717) is 34.8 Å². The molecule has 7 heteroatoms. The van der Waals surface area contributed by atoms with Gasteiger partial charge in [0.2, 0.25) is 0 Å². The molecule has 1 aliphatic heterocycles. The van der Waals surface area contributed by atoms with Gasteiger partial charge in [-0.3, -0.25) is 4.99 Å². The SMILES string of the molecule is CC1=NCCOc2ccc3c(c(Cl)cn3S(=O)(=O)c3ccccc3)c21. The molecule has 0 fully saturated rings. The molecule has 0 radical (unpaired) electrons. The van der Waals surface area contributed by atoms with Gasteiger partial charge in [0, 0.05) is 22.9 Å². The lowest BCUT2D eigenvalue weighted by molar-refractivity contribution is 0.331. The third kappa shape index (κ3) is 2.53. The van der Waals surface area contributed by atoms with Crippen LogP contribution in [0.25, 0.3) is 10.9 Å². The van der Waals surface area contributed by atoms with Gasteiger partial charge in [-0.05, 0) is 31.2 Å². The van der Waals surface area contributed by atoms with Crippen LogP contribution >= 0.6 is 11.6 Å². The first-order valence-electron chi connectivity index (χ1n) is 7.78. The molecule has 25 heavy (non-hydrogen) atoms. The molecule has 4 rings (SSSR count). The molecule has 0 saturated heterocycles. The summed E-state index contributed by atoms with van der Waals surface area (Å²) in [5, 5.41) is 0.994. The minimum absolute atomic E-state index is 0.208. The monoisotopic (exact) mass is 374 g/mol. The lowest BCUT2D eigenvalue weighted by atomic mass is 10.1. The standard InChI is InChI=1S/C18H15ClN2O3S/c1-12-17-16(24-10-9-20-12)8-7-15-18(17)14(19)11-21(15)25(22,23)13-5-3-2-4-6-13/h2-8,11H,9-10H2,1H3. The average Bonchev–Trinajstić information content (AvgIpc) is 2.85. The molecule has 0 aliphatic carbocycles. The fourth-order valence-electron chi connectivity index (χ4n) is 3.07. The molecule has 3 aromatic rings. The second-order valence-electron chi connectivity index (χ2n) is 5.74. The molecule has 128 valence electrons. The molecule has 2 aromatic carbocycles. The van der Waals surface area contributed by atoms with E-state index in [0.717, 1.165) is 11.3 Å². The van der Waals surface area contributed by atoms with E-state index < -0.39 is 10.0 Å². The lowest BCUT2D eigenvalue weighted by Gasteiger charge is -2.11. The lowest BCUT2D eigenvalue weighted by Crippen LogP contribution is -2.11. The summed E-state index contributed by atoms with van der Waals surface area (Å²) in [4.78, 5) is 4.67. The number of hydrogen-bond donors (Lipinski definition) is 0. The molecule has 0 spiro atoms. The van der Waals surface area contributed by atoms with Crippen LogP contribution in [0.1, 0.15) is 12.5 Å². The number of ether oxygens (including phenoxy) is 1. The van der Waals surface area contributed by atoms with E-state index >= 15 is 0 Å². The number of hydrogen-bond acceptors (Lipinski definition) is 4. The molecule has 0 atom stereocenters. The number of fused-ring (bicyclic) bond motifs is 3. The van der Waals surface area contributed by atoms with Gasteiger partial charge in [-0.15, -0.1) is 0 Å². The maximum atomic E-state index is 13.0. The van der Waals surface area contributed by atoms with E-state index in [1.807, 2.05) is 6.92 Å². The number of rotatable bonds is 2. The fraction of sp³-hybridized carbons (Fsp3) is 0.167. The Labute approximate surface area is 150 Å². The maximum Gasteiger partial charge on any atom is 0.268 e. The van der Waals surface area contributed by atoms with Crippen molar-refractivity contribution in [3.05, 3.63) is 59.2 Å². The minimum atomic E-state index is -3.75. The predicted octanol–water partition coefficient (Wildman–Crippen LogP) is 3.73. The first-order valence-corrected chi connectivity index (χ1v) is 9.60. The number of benzene rings is 2. The van der Waals surface area contributed by atoms with Crippen molar-refractivity contribution >= 4 is 38.2 Å². The van der Waals surface area contributed by atoms with Crippen LogP contribution in [0.4, 0.5) is 0 Å². The number of nitrogens with zero attached hydrogens (tertiary/aromatic N) is 2. The van der Waals surface area contributed by atoms with Crippen molar-refractivity contribution in [3.63, 3.8) is 0 Å². The molecule has 0 saturated carbocycles. The van der Waals surface area contributed by atoms with Crippen molar-refractivity contribution in [1.82, 2.24) is 3.97 Å². The van der Waals surface area contributed by atoms with Crippen LogP contribution in [-0.4, -0.2) is 31.3 Å². The fourth-order valence-corrected chi connectivity index (χ4v) is 4.80. The second-order valence-corrected chi connectivity index (χ2v) is 7.96. The van der Waals surface area contributed by atoms with E-state index in [-0.39, 0.29) is 4.90 Å². The molecule has 0 unspecified atom stereocenters. The molecule has 5 nitrogen and oxygen atoms in total. The van der Waals surface area contributed by atoms with Gasteiger partial charge in [0.1, 0.15) is 12.4 Å². The smallest absolute Gasteiger partial charge is 0.268 e. The highest BCUT2D eigenvalue weighted by Gasteiger charge is 2.25.